The molecule has 0 radical (unpaired) electrons. The van der Waals surface area contributed by atoms with Crippen LogP contribution < -0.4 is 0 Å². The maximum absolute atomic E-state index is 12.6. The molecule has 2 aromatic carbocycles. The first kappa shape index (κ1) is 17.4. The minimum Gasteiger partial charge on any atom is -0.507 e. The van der Waals surface area contributed by atoms with Crippen LogP contribution in [0.2, 0.25) is 0 Å². The molecule has 0 aliphatic rings. The number of hydrogen-bond donors (Lipinski definition) is 2. The van der Waals surface area contributed by atoms with E-state index >= 15 is 0 Å². The third kappa shape index (κ3) is 4.08. The summed E-state index contributed by atoms with van der Waals surface area (Å²) in [5, 5.41) is 20.4. The van der Waals surface area contributed by atoms with Crippen molar-refractivity contribution >= 4 is 17.5 Å². The summed E-state index contributed by atoms with van der Waals surface area (Å²) in [4.78, 5) is 12.6. The Hall–Kier alpha value is -1.94. The molecule has 1 unspecified atom stereocenters. The number of aromatic hydroxyl groups is 2. The summed E-state index contributed by atoms with van der Waals surface area (Å²) in [6, 6.07) is 11.8. The van der Waals surface area contributed by atoms with E-state index in [1.807, 2.05) is 6.07 Å². The third-order valence-corrected chi connectivity index (χ3v) is 5.30. The SMILES string of the molecule is CCCSC(CC)c1cc(C(=O)c2ccccc2)c(O)cc1O. The second-order valence-electron chi connectivity index (χ2n) is 5.39. The van der Waals surface area contributed by atoms with Gasteiger partial charge in [0.2, 0.25) is 0 Å². The smallest absolute Gasteiger partial charge is 0.196 e. The second-order valence-corrected chi connectivity index (χ2v) is 6.70. The first-order valence-electron chi connectivity index (χ1n) is 7.85. The van der Waals surface area contributed by atoms with Gasteiger partial charge in [0.15, 0.2) is 5.78 Å². The van der Waals surface area contributed by atoms with Crippen molar-refractivity contribution in [1.82, 2.24) is 0 Å². The average Bonchev–Trinajstić information content (AvgIpc) is 2.57. The topological polar surface area (TPSA) is 57.5 Å². The number of hydrogen-bond acceptors (Lipinski definition) is 4. The molecule has 4 heteroatoms. The number of rotatable bonds is 7. The molecule has 2 aromatic rings. The van der Waals surface area contributed by atoms with E-state index in [-0.39, 0.29) is 28.1 Å². The Morgan fingerprint density at radius 2 is 1.78 bits per heavy atom. The zero-order valence-electron chi connectivity index (χ0n) is 13.5. The largest absolute Gasteiger partial charge is 0.507 e. The Morgan fingerprint density at radius 1 is 1.09 bits per heavy atom. The maximum Gasteiger partial charge on any atom is 0.196 e. The highest BCUT2D eigenvalue weighted by Crippen LogP contribution is 2.40. The Balaban J connectivity index is 2.41. The summed E-state index contributed by atoms with van der Waals surface area (Å²) < 4.78 is 0. The van der Waals surface area contributed by atoms with Crippen LogP contribution in [0.5, 0.6) is 11.5 Å². The van der Waals surface area contributed by atoms with Crippen molar-refractivity contribution in [1.29, 1.82) is 0 Å². The van der Waals surface area contributed by atoms with Gasteiger partial charge in [-0.25, -0.2) is 0 Å². The molecule has 0 aliphatic carbocycles. The zero-order chi connectivity index (χ0) is 16.8. The van der Waals surface area contributed by atoms with Crippen LogP contribution in [0, 0.1) is 0 Å². The Morgan fingerprint density at radius 3 is 2.39 bits per heavy atom. The standard InChI is InChI=1S/C19H22O3S/c1-3-10-23-18(4-2)14-11-15(17(21)12-16(14)20)19(22)13-8-6-5-7-9-13/h5-9,11-12,18,20-21H,3-4,10H2,1-2H3. The van der Waals surface area contributed by atoms with Gasteiger partial charge in [0.25, 0.3) is 0 Å². The lowest BCUT2D eigenvalue weighted by molar-refractivity contribution is 0.103. The molecule has 2 N–H and O–H groups in total. The van der Waals surface area contributed by atoms with Crippen LogP contribution in [0.25, 0.3) is 0 Å². The average molecular weight is 330 g/mol. The summed E-state index contributed by atoms with van der Waals surface area (Å²) in [5.41, 5.74) is 1.47. The fourth-order valence-electron chi connectivity index (χ4n) is 2.47. The molecule has 3 nitrogen and oxygen atoms in total. The molecule has 122 valence electrons. The van der Waals surface area contributed by atoms with E-state index in [0.717, 1.165) is 18.6 Å². The quantitative estimate of drug-likeness (QED) is 0.707. The molecular weight excluding hydrogens is 308 g/mol. The Kier molecular flexibility index (Phi) is 6.11. The highest BCUT2D eigenvalue weighted by atomic mass is 32.2. The lowest BCUT2D eigenvalue weighted by atomic mass is 9.98. The summed E-state index contributed by atoms with van der Waals surface area (Å²) in [7, 11) is 0. The Labute approximate surface area is 141 Å². The minimum absolute atomic E-state index is 0.0440. The predicted octanol–water partition coefficient (Wildman–Crippen LogP) is 4.92. The monoisotopic (exact) mass is 330 g/mol. The molecule has 2 rings (SSSR count). The molecule has 1 atom stereocenters. The summed E-state index contributed by atoms with van der Waals surface area (Å²) in [6.07, 6.45) is 1.90. The van der Waals surface area contributed by atoms with E-state index in [4.69, 9.17) is 0 Å². The van der Waals surface area contributed by atoms with Crippen LogP contribution in [0.15, 0.2) is 42.5 Å². The van der Waals surface area contributed by atoms with E-state index in [1.165, 1.54) is 6.07 Å². The molecule has 0 aliphatic heterocycles. The molecule has 0 bridgehead atoms. The Bertz CT molecular complexity index is 668. The summed E-state index contributed by atoms with van der Waals surface area (Å²) >= 11 is 1.76. The van der Waals surface area contributed by atoms with Crippen LogP contribution in [-0.4, -0.2) is 21.7 Å². The van der Waals surface area contributed by atoms with Crippen LogP contribution in [0.3, 0.4) is 0 Å². The van der Waals surface area contributed by atoms with E-state index in [0.29, 0.717) is 11.1 Å². The highest BCUT2D eigenvalue weighted by Gasteiger charge is 2.21. The highest BCUT2D eigenvalue weighted by molar-refractivity contribution is 7.99. The number of carbonyl (C=O) groups is 1. The predicted molar refractivity (Wildman–Crippen MR) is 95.4 cm³/mol. The van der Waals surface area contributed by atoms with Crippen molar-refractivity contribution < 1.29 is 15.0 Å². The molecule has 0 spiro atoms. The fourth-order valence-corrected chi connectivity index (χ4v) is 3.59. The van der Waals surface area contributed by atoms with Gasteiger partial charge in [-0.05, 0) is 24.7 Å². The van der Waals surface area contributed by atoms with Crippen LogP contribution in [-0.2, 0) is 0 Å². The van der Waals surface area contributed by atoms with Gasteiger partial charge in [-0.2, -0.15) is 11.8 Å². The molecule has 0 amide bonds. The van der Waals surface area contributed by atoms with Crippen molar-refractivity contribution in [3.63, 3.8) is 0 Å². The number of phenols is 2. The summed E-state index contributed by atoms with van der Waals surface area (Å²) in [5.74, 6) is 0.610. The third-order valence-electron chi connectivity index (χ3n) is 3.67. The van der Waals surface area contributed by atoms with Crippen LogP contribution in [0.4, 0.5) is 0 Å². The second kappa shape index (κ2) is 8.06. The molecule has 0 saturated heterocycles. The lowest BCUT2D eigenvalue weighted by Crippen LogP contribution is -2.04. The van der Waals surface area contributed by atoms with Gasteiger partial charge in [-0.3, -0.25) is 4.79 Å². The number of benzene rings is 2. The van der Waals surface area contributed by atoms with Crippen molar-refractivity contribution in [2.75, 3.05) is 5.75 Å². The van der Waals surface area contributed by atoms with E-state index in [1.54, 1.807) is 42.1 Å². The number of carbonyl (C=O) groups excluding carboxylic acids is 1. The fraction of sp³-hybridized carbons (Fsp3) is 0.316. The van der Waals surface area contributed by atoms with Gasteiger partial charge in [0, 0.05) is 22.4 Å². The number of thioether (sulfide) groups is 1. The molecule has 0 fully saturated rings. The van der Waals surface area contributed by atoms with Gasteiger partial charge < -0.3 is 10.2 Å². The van der Waals surface area contributed by atoms with Gasteiger partial charge >= 0.3 is 0 Å². The first-order chi connectivity index (χ1) is 11.1. The van der Waals surface area contributed by atoms with Gasteiger partial charge in [-0.15, -0.1) is 0 Å². The number of phenolic OH excluding ortho intramolecular Hbond substituents is 2. The van der Waals surface area contributed by atoms with Crippen molar-refractivity contribution in [2.45, 2.75) is 31.9 Å². The van der Waals surface area contributed by atoms with Gasteiger partial charge in [0.1, 0.15) is 11.5 Å². The molecule has 23 heavy (non-hydrogen) atoms. The molecular formula is C19H22O3S. The zero-order valence-corrected chi connectivity index (χ0v) is 14.3. The first-order valence-corrected chi connectivity index (χ1v) is 8.90. The molecule has 0 aromatic heterocycles. The van der Waals surface area contributed by atoms with Crippen molar-refractivity contribution in [2.24, 2.45) is 0 Å². The van der Waals surface area contributed by atoms with Gasteiger partial charge in [-0.1, -0.05) is 44.2 Å². The molecule has 0 saturated carbocycles. The van der Waals surface area contributed by atoms with E-state index in [2.05, 4.69) is 13.8 Å². The molecule has 0 heterocycles. The van der Waals surface area contributed by atoms with Crippen molar-refractivity contribution in [3.05, 3.63) is 59.2 Å². The lowest BCUT2D eigenvalue weighted by Gasteiger charge is -2.18. The number of ketones is 1. The van der Waals surface area contributed by atoms with Crippen molar-refractivity contribution in [3.8, 4) is 11.5 Å². The maximum atomic E-state index is 12.6. The normalized spacial score (nSPS) is 12.1. The summed E-state index contributed by atoms with van der Waals surface area (Å²) in [6.45, 7) is 4.17. The van der Waals surface area contributed by atoms with Gasteiger partial charge in [0.05, 0.1) is 5.56 Å². The minimum atomic E-state index is -0.236. The van der Waals surface area contributed by atoms with E-state index in [9.17, 15) is 15.0 Å². The van der Waals surface area contributed by atoms with Crippen LogP contribution >= 0.6 is 11.8 Å². The van der Waals surface area contributed by atoms with E-state index < -0.39 is 0 Å². The van der Waals surface area contributed by atoms with Crippen LogP contribution in [0.1, 0.15) is 53.4 Å².